The second kappa shape index (κ2) is 7.26. The Labute approximate surface area is 142 Å². The zero-order valence-corrected chi connectivity index (χ0v) is 13.3. The Morgan fingerprint density at radius 3 is 2.64 bits per heavy atom. The summed E-state index contributed by atoms with van der Waals surface area (Å²) in [5.41, 5.74) is 6.39. The SMILES string of the molecule is NC1CCC(NC(=O)c2cnc3cc(OC(F)F)c(F)cc3c2)CC1. The van der Waals surface area contributed by atoms with E-state index in [4.69, 9.17) is 5.73 Å². The summed E-state index contributed by atoms with van der Waals surface area (Å²) < 4.78 is 42.4. The van der Waals surface area contributed by atoms with Gasteiger partial charge < -0.3 is 15.8 Å². The molecule has 1 aromatic heterocycles. The van der Waals surface area contributed by atoms with Crippen LogP contribution in [0.4, 0.5) is 13.2 Å². The molecule has 1 saturated carbocycles. The highest BCUT2D eigenvalue weighted by molar-refractivity contribution is 5.97. The molecule has 0 aliphatic heterocycles. The minimum absolute atomic E-state index is 0.0570. The molecule has 1 heterocycles. The molecule has 0 bridgehead atoms. The molecule has 0 spiro atoms. The molecule has 1 aliphatic carbocycles. The summed E-state index contributed by atoms with van der Waals surface area (Å²) in [6.07, 6.45) is 4.68. The Bertz CT molecular complexity index is 777. The summed E-state index contributed by atoms with van der Waals surface area (Å²) in [5.74, 6) is -1.82. The quantitative estimate of drug-likeness (QED) is 0.886. The van der Waals surface area contributed by atoms with Gasteiger partial charge in [0.15, 0.2) is 11.6 Å². The second-order valence-electron chi connectivity index (χ2n) is 6.16. The van der Waals surface area contributed by atoms with E-state index in [2.05, 4.69) is 15.0 Å². The van der Waals surface area contributed by atoms with Gasteiger partial charge in [0.05, 0.1) is 11.1 Å². The summed E-state index contributed by atoms with van der Waals surface area (Å²) in [4.78, 5) is 16.4. The van der Waals surface area contributed by atoms with Crippen molar-refractivity contribution < 1.29 is 22.7 Å². The highest BCUT2D eigenvalue weighted by Crippen LogP contribution is 2.26. The van der Waals surface area contributed by atoms with E-state index in [0.717, 1.165) is 37.8 Å². The van der Waals surface area contributed by atoms with Crippen LogP contribution in [0, 0.1) is 5.82 Å². The van der Waals surface area contributed by atoms with Crippen molar-refractivity contribution in [3.05, 3.63) is 35.8 Å². The molecular weight excluding hydrogens is 335 g/mol. The van der Waals surface area contributed by atoms with Crippen LogP contribution in [-0.4, -0.2) is 29.6 Å². The third-order valence-corrected chi connectivity index (χ3v) is 4.32. The number of hydrogen-bond donors (Lipinski definition) is 2. The van der Waals surface area contributed by atoms with Gasteiger partial charge in [0.25, 0.3) is 5.91 Å². The number of halogens is 3. The number of alkyl halides is 2. The largest absolute Gasteiger partial charge is 0.432 e. The number of nitrogens with two attached hydrogens (primary N) is 1. The molecule has 1 amide bonds. The van der Waals surface area contributed by atoms with Gasteiger partial charge in [0.2, 0.25) is 0 Å². The Morgan fingerprint density at radius 2 is 1.96 bits per heavy atom. The zero-order valence-electron chi connectivity index (χ0n) is 13.3. The lowest BCUT2D eigenvalue weighted by molar-refractivity contribution is -0.0520. The lowest BCUT2D eigenvalue weighted by atomic mass is 9.91. The van der Waals surface area contributed by atoms with Gasteiger partial charge in [-0.25, -0.2) is 4.39 Å². The van der Waals surface area contributed by atoms with E-state index in [1.165, 1.54) is 12.3 Å². The number of nitrogens with zero attached hydrogens (tertiary/aromatic N) is 1. The summed E-state index contributed by atoms with van der Waals surface area (Å²) in [7, 11) is 0. The molecule has 5 nitrogen and oxygen atoms in total. The van der Waals surface area contributed by atoms with E-state index < -0.39 is 18.2 Å². The molecule has 0 radical (unpaired) electrons. The normalized spacial score (nSPS) is 20.7. The number of aromatic nitrogens is 1. The Morgan fingerprint density at radius 1 is 1.24 bits per heavy atom. The molecule has 1 aromatic carbocycles. The maximum atomic E-state index is 13.8. The van der Waals surface area contributed by atoms with Crippen molar-refractivity contribution in [2.45, 2.75) is 44.4 Å². The number of carbonyl (C=O) groups is 1. The first kappa shape index (κ1) is 17.5. The smallest absolute Gasteiger partial charge is 0.387 e. The first-order valence-corrected chi connectivity index (χ1v) is 8.03. The molecule has 134 valence electrons. The summed E-state index contributed by atoms with van der Waals surface area (Å²) >= 11 is 0. The summed E-state index contributed by atoms with van der Waals surface area (Å²) in [5, 5.41) is 3.25. The van der Waals surface area contributed by atoms with Gasteiger partial charge in [-0.3, -0.25) is 9.78 Å². The van der Waals surface area contributed by atoms with Crippen LogP contribution in [0.5, 0.6) is 5.75 Å². The predicted molar refractivity (Wildman–Crippen MR) is 86.0 cm³/mol. The Kier molecular flexibility index (Phi) is 5.08. The first-order chi connectivity index (χ1) is 11.9. The van der Waals surface area contributed by atoms with Gasteiger partial charge in [-0.1, -0.05) is 0 Å². The maximum absolute atomic E-state index is 13.8. The van der Waals surface area contributed by atoms with Crippen LogP contribution < -0.4 is 15.8 Å². The fourth-order valence-electron chi connectivity index (χ4n) is 2.97. The van der Waals surface area contributed by atoms with Gasteiger partial charge in [-0.15, -0.1) is 0 Å². The Balaban J connectivity index is 1.77. The summed E-state index contributed by atoms with van der Waals surface area (Å²) in [6, 6.07) is 3.82. The fraction of sp³-hybridized carbons (Fsp3) is 0.412. The molecule has 3 N–H and O–H groups in total. The second-order valence-corrected chi connectivity index (χ2v) is 6.16. The van der Waals surface area contributed by atoms with E-state index in [-0.39, 0.29) is 29.1 Å². The minimum atomic E-state index is -3.12. The summed E-state index contributed by atoms with van der Waals surface area (Å²) in [6.45, 7) is -3.12. The van der Waals surface area contributed by atoms with Crippen molar-refractivity contribution in [1.82, 2.24) is 10.3 Å². The van der Waals surface area contributed by atoms with Gasteiger partial charge in [-0.2, -0.15) is 8.78 Å². The van der Waals surface area contributed by atoms with Crippen molar-refractivity contribution in [3.8, 4) is 5.75 Å². The Hall–Kier alpha value is -2.35. The van der Waals surface area contributed by atoms with E-state index in [1.54, 1.807) is 0 Å². The number of amides is 1. The standard InChI is InChI=1S/C17H18F3N3O2/c18-13-6-9-5-10(8-22-14(9)7-15(13)25-17(19)20)16(24)23-12-3-1-11(21)2-4-12/h5-8,11-12,17H,1-4,21H2,(H,23,24). The van der Waals surface area contributed by atoms with Crippen molar-refractivity contribution in [2.75, 3.05) is 0 Å². The number of fused-ring (bicyclic) bond motifs is 1. The first-order valence-electron chi connectivity index (χ1n) is 8.03. The van der Waals surface area contributed by atoms with Crippen LogP contribution in [0.1, 0.15) is 36.0 Å². The van der Waals surface area contributed by atoms with Crippen molar-refractivity contribution in [1.29, 1.82) is 0 Å². The molecule has 0 atom stereocenters. The van der Waals surface area contributed by atoms with Crippen molar-refractivity contribution in [3.63, 3.8) is 0 Å². The fourth-order valence-corrected chi connectivity index (χ4v) is 2.97. The number of carbonyl (C=O) groups excluding carboxylic acids is 1. The van der Waals surface area contributed by atoms with Gasteiger partial charge in [0, 0.05) is 29.7 Å². The topological polar surface area (TPSA) is 77.2 Å². The van der Waals surface area contributed by atoms with Crippen LogP contribution in [0.15, 0.2) is 24.4 Å². The number of benzene rings is 1. The third kappa shape index (κ3) is 4.19. The van der Waals surface area contributed by atoms with Crippen LogP contribution in [0.25, 0.3) is 10.9 Å². The number of ether oxygens (including phenoxy) is 1. The molecule has 1 aliphatic rings. The average molecular weight is 353 g/mol. The van der Waals surface area contributed by atoms with Crippen LogP contribution in [0.2, 0.25) is 0 Å². The van der Waals surface area contributed by atoms with E-state index in [0.29, 0.717) is 5.39 Å². The molecule has 0 saturated heterocycles. The molecular formula is C17H18F3N3O2. The van der Waals surface area contributed by atoms with Crippen LogP contribution >= 0.6 is 0 Å². The lowest BCUT2D eigenvalue weighted by Gasteiger charge is -2.26. The van der Waals surface area contributed by atoms with Crippen molar-refractivity contribution >= 4 is 16.8 Å². The molecule has 8 heteroatoms. The van der Waals surface area contributed by atoms with E-state index >= 15 is 0 Å². The minimum Gasteiger partial charge on any atom is -0.432 e. The van der Waals surface area contributed by atoms with Crippen LogP contribution in [-0.2, 0) is 0 Å². The monoisotopic (exact) mass is 353 g/mol. The molecule has 0 unspecified atom stereocenters. The number of pyridine rings is 1. The molecule has 25 heavy (non-hydrogen) atoms. The van der Waals surface area contributed by atoms with Crippen LogP contribution in [0.3, 0.4) is 0 Å². The highest BCUT2D eigenvalue weighted by Gasteiger charge is 2.21. The van der Waals surface area contributed by atoms with Crippen molar-refractivity contribution in [2.24, 2.45) is 5.73 Å². The lowest BCUT2D eigenvalue weighted by Crippen LogP contribution is -2.40. The number of hydrogen-bond acceptors (Lipinski definition) is 4. The van der Waals surface area contributed by atoms with E-state index in [9.17, 15) is 18.0 Å². The zero-order chi connectivity index (χ0) is 18.0. The molecule has 1 fully saturated rings. The average Bonchev–Trinajstić information content (AvgIpc) is 2.56. The van der Waals surface area contributed by atoms with E-state index in [1.807, 2.05) is 0 Å². The van der Waals surface area contributed by atoms with Gasteiger partial charge in [0.1, 0.15) is 0 Å². The van der Waals surface area contributed by atoms with Gasteiger partial charge >= 0.3 is 6.61 Å². The highest BCUT2D eigenvalue weighted by atomic mass is 19.3. The third-order valence-electron chi connectivity index (χ3n) is 4.32. The maximum Gasteiger partial charge on any atom is 0.387 e. The number of nitrogens with one attached hydrogen (secondary N) is 1. The number of rotatable bonds is 4. The molecule has 2 aromatic rings. The predicted octanol–water partition coefficient (Wildman–Crippen LogP) is 2.98. The van der Waals surface area contributed by atoms with Gasteiger partial charge in [-0.05, 0) is 37.8 Å². The molecule has 3 rings (SSSR count).